The zero-order valence-electron chi connectivity index (χ0n) is 14.3. The maximum Gasteiger partial charge on any atom is 0.240 e. The first-order valence-electron chi connectivity index (χ1n) is 8.24. The normalized spacial score (nSPS) is 17.4. The number of halogens is 1. The molecule has 0 saturated carbocycles. The molecule has 1 aliphatic rings. The van der Waals surface area contributed by atoms with E-state index in [1.165, 1.54) is 12.1 Å². The highest BCUT2D eigenvalue weighted by Crippen LogP contribution is 2.15. The molecule has 1 amide bonds. The van der Waals surface area contributed by atoms with Gasteiger partial charge in [0.15, 0.2) is 0 Å². The van der Waals surface area contributed by atoms with Gasteiger partial charge in [-0.05, 0) is 50.6 Å². The fraction of sp³-hybridized carbons (Fsp3) is 0.562. The van der Waals surface area contributed by atoms with E-state index in [4.69, 9.17) is 4.74 Å². The van der Waals surface area contributed by atoms with E-state index in [-0.39, 0.29) is 42.2 Å². The van der Waals surface area contributed by atoms with E-state index in [0.29, 0.717) is 12.4 Å². The number of nitrogens with one attached hydrogen (secondary N) is 3. The van der Waals surface area contributed by atoms with Crippen LogP contribution in [0.3, 0.4) is 0 Å². The number of carbonyl (C=O) groups excluding carboxylic acids is 1. The summed E-state index contributed by atoms with van der Waals surface area (Å²) in [6.07, 6.45) is 2.11. The molecule has 1 atom stereocenters. The van der Waals surface area contributed by atoms with Crippen LogP contribution in [0.5, 0.6) is 5.75 Å². The van der Waals surface area contributed by atoms with Crippen LogP contribution in [-0.4, -0.2) is 46.6 Å². The van der Waals surface area contributed by atoms with Crippen molar-refractivity contribution in [3.63, 3.8) is 0 Å². The smallest absolute Gasteiger partial charge is 0.240 e. The molecule has 25 heavy (non-hydrogen) atoms. The number of ether oxygens (including phenoxy) is 1. The lowest BCUT2D eigenvalue weighted by atomic mass is 10.1. The largest absolute Gasteiger partial charge is 0.494 e. The third kappa shape index (κ3) is 7.19. The third-order valence-corrected chi connectivity index (χ3v) is 5.23. The molecule has 0 radical (unpaired) electrons. The molecule has 1 aliphatic heterocycles. The van der Waals surface area contributed by atoms with Crippen molar-refractivity contribution in [3.05, 3.63) is 24.3 Å². The van der Waals surface area contributed by atoms with Gasteiger partial charge in [-0.1, -0.05) is 0 Å². The number of piperidine rings is 1. The fourth-order valence-electron chi connectivity index (χ4n) is 2.54. The zero-order valence-corrected chi connectivity index (χ0v) is 15.9. The van der Waals surface area contributed by atoms with Crippen molar-refractivity contribution in [1.82, 2.24) is 15.4 Å². The molecule has 9 heteroatoms. The van der Waals surface area contributed by atoms with E-state index in [9.17, 15) is 13.2 Å². The summed E-state index contributed by atoms with van der Waals surface area (Å²) in [5.41, 5.74) is 0. The van der Waals surface area contributed by atoms with Gasteiger partial charge in [0.2, 0.25) is 15.9 Å². The number of carbonyl (C=O) groups is 1. The molecule has 1 aromatic carbocycles. The second-order valence-corrected chi connectivity index (χ2v) is 7.43. The molecule has 2 rings (SSSR count). The van der Waals surface area contributed by atoms with Crippen molar-refractivity contribution in [2.24, 2.45) is 0 Å². The van der Waals surface area contributed by atoms with E-state index in [1.54, 1.807) is 12.1 Å². The summed E-state index contributed by atoms with van der Waals surface area (Å²) in [6, 6.07) is 6.33. The van der Waals surface area contributed by atoms with Gasteiger partial charge in [0.25, 0.3) is 0 Å². The van der Waals surface area contributed by atoms with Crippen LogP contribution in [0.4, 0.5) is 0 Å². The van der Waals surface area contributed by atoms with Crippen molar-refractivity contribution >= 4 is 28.3 Å². The quantitative estimate of drug-likeness (QED) is 0.615. The summed E-state index contributed by atoms with van der Waals surface area (Å²) in [5, 5.41) is 6.13. The van der Waals surface area contributed by atoms with Crippen LogP contribution in [0.15, 0.2) is 29.2 Å². The van der Waals surface area contributed by atoms with Gasteiger partial charge in [0.1, 0.15) is 5.75 Å². The van der Waals surface area contributed by atoms with Crippen LogP contribution in [0.1, 0.15) is 26.2 Å². The van der Waals surface area contributed by atoms with Gasteiger partial charge >= 0.3 is 0 Å². The lowest BCUT2D eigenvalue weighted by molar-refractivity contribution is -0.121. The van der Waals surface area contributed by atoms with Crippen molar-refractivity contribution in [1.29, 1.82) is 0 Å². The van der Waals surface area contributed by atoms with E-state index in [0.717, 1.165) is 25.9 Å². The maximum absolute atomic E-state index is 12.2. The lowest BCUT2D eigenvalue weighted by Gasteiger charge is -2.23. The number of rotatable bonds is 8. The highest BCUT2D eigenvalue weighted by atomic mass is 35.5. The average Bonchev–Trinajstić information content (AvgIpc) is 2.56. The standard InChI is InChI=1S/C16H25N3O4S.ClH/c1-2-23-14-5-7-15(8-6-14)24(21,22)18-11-9-16(20)19-13-4-3-10-17-12-13;/h5-8,13,17-18H,2-4,9-12H2,1H3,(H,19,20);1H. The summed E-state index contributed by atoms with van der Waals surface area (Å²) >= 11 is 0. The Morgan fingerprint density at radius 3 is 2.64 bits per heavy atom. The molecule has 142 valence electrons. The van der Waals surface area contributed by atoms with E-state index in [1.807, 2.05) is 6.92 Å². The summed E-state index contributed by atoms with van der Waals surface area (Å²) in [4.78, 5) is 12.0. The first kappa shape index (κ1) is 21.7. The molecule has 0 spiro atoms. The number of hydrogen-bond acceptors (Lipinski definition) is 5. The Morgan fingerprint density at radius 2 is 2.04 bits per heavy atom. The van der Waals surface area contributed by atoms with Crippen molar-refractivity contribution in [2.45, 2.75) is 37.1 Å². The van der Waals surface area contributed by atoms with Crippen LogP contribution in [0.25, 0.3) is 0 Å². The minimum Gasteiger partial charge on any atom is -0.494 e. The summed E-state index contributed by atoms with van der Waals surface area (Å²) in [7, 11) is -3.62. The highest BCUT2D eigenvalue weighted by Gasteiger charge is 2.17. The Hall–Kier alpha value is -1.35. The van der Waals surface area contributed by atoms with Crippen molar-refractivity contribution in [3.8, 4) is 5.75 Å². The molecule has 1 aromatic rings. The molecule has 1 unspecified atom stereocenters. The second-order valence-electron chi connectivity index (χ2n) is 5.66. The monoisotopic (exact) mass is 391 g/mol. The van der Waals surface area contributed by atoms with Gasteiger partial charge < -0.3 is 15.4 Å². The third-order valence-electron chi connectivity index (χ3n) is 3.75. The predicted molar refractivity (Wildman–Crippen MR) is 98.7 cm³/mol. The van der Waals surface area contributed by atoms with Crippen LogP contribution in [0, 0.1) is 0 Å². The fourth-order valence-corrected chi connectivity index (χ4v) is 3.57. The molecule has 0 bridgehead atoms. The molecule has 1 fully saturated rings. The highest BCUT2D eigenvalue weighted by molar-refractivity contribution is 7.89. The number of sulfonamides is 1. The van der Waals surface area contributed by atoms with Crippen LogP contribution in [-0.2, 0) is 14.8 Å². The van der Waals surface area contributed by atoms with E-state index in [2.05, 4.69) is 15.4 Å². The first-order chi connectivity index (χ1) is 11.5. The molecule has 3 N–H and O–H groups in total. The lowest BCUT2D eigenvalue weighted by Crippen LogP contribution is -2.46. The first-order valence-corrected chi connectivity index (χ1v) is 9.72. The molecule has 1 heterocycles. The molecule has 7 nitrogen and oxygen atoms in total. The zero-order chi connectivity index (χ0) is 17.4. The van der Waals surface area contributed by atoms with Gasteiger partial charge in [-0.3, -0.25) is 4.79 Å². The van der Waals surface area contributed by atoms with Crippen LogP contribution < -0.4 is 20.1 Å². The van der Waals surface area contributed by atoms with E-state index < -0.39 is 10.0 Å². The Labute approximate surface area is 155 Å². The molecular weight excluding hydrogens is 366 g/mol. The summed E-state index contributed by atoms with van der Waals surface area (Å²) in [6.45, 7) is 4.20. The Morgan fingerprint density at radius 1 is 1.32 bits per heavy atom. The minimum absolute atomic E-state index is 0. The Kier molecular flexibility index (Phi) is 9.20. The minimum atomic E-state index is -3.62. The van der Waals surface area contributed by atoms with Gasteiger partial charge in [-0.2, -0.15) is 0 Å². The van der Waals surface area contributed by atoms with Gasteiger partial charge in [-0.25, -0.2) is 13.1 Å². The Balaban J connectivity index is 0.00000312. The SMILES string of the molecule is CCOc1ccc(S(=O)(=O)NCCC(=O)NC2CCCNC2)cc1.Cl. The van der Waals surface area contributed by atoms with Gasteiger partial charge in [0.05, 0.1) is 11.5 Å². The number of benzene rings is 1. The molecule has 0 aromatic heterocycles. The van der Waals surface area contributed by atoms with Crippen molar-refractivity contribution < 1.29 is 17.9 Å². The van der Waals surface area contributed by atoms with Crippen LogP contribution in [0.2, 0.25) is 0 Å². The van der Waals surface area contributed by atoms with Crippen molar-refractivity contribution in [2.75, 3.05) is 26.2 Å². The average molecular weight is 392 g/mol. The maximum atomic E-state index is 12.2. The summed E-state index contributed by atoms with van der Waals surface area (Å²) < 4.78 is 32.1. The topological polar surface area (TPSA) is 96.5 Å². The van der Waals surface area contributed by atoms with Gasteiger partial charge in [0, 0.05) is 25.6 Å². The Bertz CT molecular complexity index is 631. The molecule has 1 saturated heterocycles. The predicted octanol–water partition coefficient (Wildman–Crippen LogP) is 1.04. The van der Waals surface area contributed by atoms with Crippen LogP contribution >= 0.6 is 12.4 Å². The second kappa shape index (κ2) is 10.6. The van der Waals surface area contributed by atoms with E-state index >= 15 is 0 Å². The summed E-state index contributed by atoms with van der Waals surface area (Å²) in [5.74, 6) is 0.481. The number of hydrogen-bond donors (Lipinski definition) is 3. The number of amides is 1. The molecule has 0 aliphatic carbocycles. The van der Waals surface area contributed by atoms with Gasteiger partial charge in [-0.15, -0.1) is 12.4 Å². The molecular formula is C16H26ClN3O4S.